The summed E-state index contributed by atoms with van der Waals surface area (Å²) in [6, 6.07) is -1.02. The average molecular weight is 169 g/mol. The molecule has 0 fully saturated rings. The molecule has 1 heterocycles. The molecule has 1 aliphatic heterocycles. The zero-order valence-electron chi connectivity index (χ0n) is 6.31. The molecule has 0 saturated carbocycles. The van der Waals surface area contributed by atoms with Gasteiger partial charge in [0.2, 0.25) is 0 Å². The molecule has 1 aliphatic rings. The van der Waals surface area contributed by atoms with Crippen molar-refractivity contribution in [2.75, 3.05) is 0 Å². The molecule has 1 unspecified atom stereocenters. The third kappa shape index (κ3) is 1.34. The van der Waals surface area contributed by atoms with E-state index in [0.717, 1.165) is 0 Å². The largest absolute Gasteiger partial charge is 0.479 e. The Kier molecular flexibility index (Phi) is 1.95. The highest BCUT2D eigenvalue weighted by Crippen LogP contribution is 2.14. The maximum Gasteiger partial charge on any atom is 0.354 e. The molecule has 0 aliphatic carbocycles. The van der Waals surface area contributed by atoms with Gasteiger partial charge < -0.3 is 10.2 Å². The third-order valence-corrected chi connectivity index (χ3v) is 1.52. The first-order valence-electron chi connectivity index (χ1n) is 3.24. The Hall–Kier alpha value is -1.65. The average Bonchev–Trinajstić information content (AvgIpc) is 2.30. The second kappa shape index (κ2) is 2.77. The molecule has 1 rings (SSSR count). The lowest BCUT2D eigenvalue weighted by Gasteiger charge is -1.99. The summed E-state index contributed by atoms with van der Waals surface area (Å²) in [6.45, 7) is 1.54. The van der Waals surface area contributed by atoms with E-state index in [1.165, 1.54) is 13.0 Å². The standard InChI is InChI=1S/C7H7NO4/c1-3-2-4(6(9)10)8-5(3)7(11)12/h2,5H,1H3,(H,9,10)(H,11,12). The van der Waals surface area contributed by atoms with E-state index in [1.54, 1.807) is 0 Å². The monoisotopic (exact) mass is 169 g/mol. The van der Waals surface area contributed by atoms with Crippen molar-refractivity contribution in [1.29, 1.82) is 0 Å². The van der Waals surface area contributed by atoms with Crippen LogP contribution in [-0.2, 0) is 9.59 Å². The lowest BCUT2D eigenvalue weighted by Crippen LogP contribution is -2.17. The predicted octanol–water partition coefficient (Wildman–Crippen LogP) is -0.0749. The van der Waals surface area contributed by atoms with Gasteiger partial charge in [0.05, 0.1) is 0 Å². The van der Waals surface area contributed by atoms with E-state index in [1.807, 2.05) is 0 Å². The molecule has 0 spiro atoms. The Labute approximate surface area is 68.0 Å². The molecule has 0 radical (unpaired) electrons. The molecule has 0 saturated heterocycles. The Morgan fingerprint density at radius 2 is 2.08 bits per heavy atom. The molecule has 0 aromatic heterocycles. The fraction of sp³-hybridized carbons (Fsp3) is 0.286. The number of rotatable bonds is 2. The number of nitrogens with zero attached hydrogens (tertiary/aromatic N) is 1. The van der Waals surface area contributed by atoms with Crippen molar-refractivity contribution < 1.29 is 19.8 Å². The summed E-state index contributed by atoms with van der Waals surface area (Å²) >= 11 is 0. The number of aliphatic imine (C=N–C) groups is 1. The molecule has 12 heavy (non-hydrogen) atoms. The van der Waals surface area contributed by atoms with Gasteiger partial charge in [0.1, 0.15) is 5.71 Å². The Morgan fingerprint density at radius 3 is 2.33 bits per heavy atom. The van der Waals surface area contributed by atoms with Gasteiger partial charge in [0, 0.05) is 0 Å². The molecule has 0 aromatic rings. The number of carbonyl (C=O) groups is 2. The molecular formula is C7H7NO4. The molecule has 64 valence electrons. The van der Waals surface area contributed by atoms with Crippen molar-refractivity contribution >= 4 is 17.7 Å². The van der Waals surface area contributed by atoms with Crippen LogP contribution >= 0.6 is 0 Å². The van der Waals surface area contributed by atoms with Gasteiger partial charge in [0.15, 0.2) is 6.04 Å². The van der Waals surface area contributed by atoms with Crippen LogP contribution in [0.5, 0.6) is 0 Å². The number of aliphatic carboxylic acids is 2. The van der Waals surface area contributed by atoms with Gasteiger partial charge in [-0.15, -0.1) is 0 Å². The normalized spacial score (nSPS) is 21.6. The van der Waals surface area contributed by atoms with E-state index in [9.17, 15) is 9.59 Å². The molecule has 5 heteroatoms. The summed E-state index contributed by atoms with van der Waals surface area (Å²) in [5.74, 6) is -2.32. The highest BCUT2D eigenvalue weighted by molar-refractivity contribution is 6.41. The number of carboxylic acids is 2. The summed E-state index contributed by atoms with van der Waals surface area (Å²) in [5.41, 5.74) is 0.250. The summed E-state index contributed by atoms with van der Waals surface area (Å²) in [5, 5.41) is 17.0. The summed E-state index contributed by atoms with van der Waals surface area (Å²) in [4.78, 5) is 24.3. The van der Waals surface area contributed by atoms with Gasteiger partial charge in [-0.3, -0.25) is 4.99 Å². The highest BCUT2D eigenvalue weighted by atomic mass is 16.4. The number of hydrogen-bond donors (Lipinski definition) is 2. The Morgan fingerprint density at radius 1 is 1.50 bits per heavy atom. The van der Waals surface area contributed by atoms with Gasteiger partial charge in [-0.2, -0.15) is 0 Å². The highest BCUT2D eigenvalue weighted by Gasteiger charge is 2.26. The minimum Gasteiger partial charge on any atom is -0.479 e. The Balaban J connectivity index is 2.93. The lowest BCUT2D eigenvalue weighted by atomic mass is 10.1. The third-order valence-electron chi connectivity index (χ3n) is 1.52. The molecule has 0 aromatic carbocycles. The van der Waals surface area contributed by atoms with Crippen LogP contribution in [0.2, 0.25) is 0 Å². The van der Waals surface area contributed by atoms with Gasteiger partial charge in [-0.25, -0.2) is 9.59 Å². The topological polar surface area (TPSA) is 87.0 Å². The first-order valence-corrected chi connectivity index (χ1v) is 3.24. The van der Waals surface area contributed by atoms with Crippen molar-refractivity contribution in [3.05, 3.63) is 11.6 Å². The van der Waals surface area contributed by atoms with Crippen LogP contribution in [0.25, 0.3) is 0 Å². The van der Waals surface area contributed by atoms with Crippen molar-refractivity contribution in [2.24, 2.45) is 4.99 Å². The summed E-state index contributed by atoms with van der Waals surface area (Å²) in [7, 11) is 0. The fourth-order valence-electron chi connectivity index (χ4n) is 0.940. The molecule has 5 nitrogen and oxygen atoms in total. The van der Waals surface area contributed by atoms with Crippen LogP contribution in [0.4, 0.5) is 0 Å². The molecule has 0 amide bonds. The first-order chi connectivity index (χ1) is 5.52. The summed E-state index contributed by atoms with van der Waals surface area (Å²) in [6.07, 6.45) is 1.26. The van der Waals surface area contributed by atoms with Crippen molar-refractivity contribution in [2.45, 2.75) is 13.0 Å². The van der Waals surface area contributed by atoms with Gasteiger partial charge in [-0.05, 0) is 18.6 Å². The minimum absolute atomic E-state index is 0.195. The first kappa shape index (κ1) is 8.45. The SMILES string of the molecule is CC1=CC(C(=O)O)=NC1C(=O)O. The van der Waals surface area contributed by atoms with Crippen LogP contribution in [0, 0.1) is 0 Å². The van der Waals surface area contributed by atoms with Gasteiger partial charge in [0.25, 0.3) is 0 Å². The zero-order valence-corrected chi connectivity index (χ0v) is 6.31. The zero-order chi connectivity index (χ0) is 9.30. The van der Waals surface area contributed by atoms with E-state index in [0.29, 0.717) is 5.57 Å². The maximum absolute atomic E-state index is 10.4. The van der Waals surface area contributed by atoms with Crippen molar-refractivity contribution in [1.82, 2.24) is 0 Å². The maximum atomic E-state index is 10.4. The molecule has 2 N–H and O–H groups in total. The van der Waals surface area contributed by atoms with E-state index in [4.69, 9.17) is 10.2 Å². The quantitative estimate of drug-likeness (QED) is 0.605. The minimum atomic E-state index is -1.20. The number of hydrogen-bond acceptors (Lipinski definition) is 3. The smallest absolute Gasteiger partial charge is 0.354 e. The predicted molar refractivity (Wildman–Crippen MR) is 40.3 cm³/mol. The Bertz CT molecular complexity index is 303. The summed E-state index contributed by atoms with van der Waals surface area (Å²) < 4.78 is 0. The number of carboxylic acid groups (broad SMARTS) is 2. The molecular weight excluding hydrogens is 162 g/mol. The van der Waals surface area contributed by atoms with Gasteiger partial charge in [-0.1, -0.05) is 0 Å². The van der Waals surface area contributed by atoms with E-state index < -0.39 is 18.0 Å². The van der Waals surface area contributed by atoms with Crippen LogP contribution in [0.1, 0.15) is 6.92 Å². The van der Waals surface area contributed by atoms with Crippen LogP contribution in [-0.4, -0.2) is 33.9 Å². The van der Waals surface area contributed by atoms with Crippen LogP contribution in [0.15, 0.2) is 16.6 Å². The molecule has 0 bridgehead atoms. The van der Waals surface area contributed by atoms with E-state index in [2.05, 4.69) is 4.99 Å². The lowest BCUT2D eigenvalue weighted by molar-refractivity contribution is -0.137. The molecule has 1 atom stereocenters. The van der Waals surface area contributed by atoms with E-state index >= 15 is 0 Å². The van der Waals surface area contributed by atoms with Crippen LogP contribution < -0.4 is 0 Å². The fourth-order valence-corrected chi connectivity index (χ4v) is 0.940. The van der Waals surface area contributed by atoms with Crippen molar-refractivity contribution in [3.8, 4) is 0 Å². The van der Waals surface area contributed by atoms with Crippen molar-refractivity contribution in [3.63, 3.8) is 0 Å². The second-order valence-electron chi connectivity index (χ2n) is 2.45. The van der Waals surface area contributed by atoms with E-state index in [-0.39, 0.29) is 5.71 Å². The van der Waals surface area contributed by atoms with Gasteiger partial charge >= 0.3 is 11.9 Å². The second-order valence-corrected chi connectivity index (χ2v) is 2.45. The van der Waals surface area contributed by atoms with Crippen LogP contribution in [0.3, 0.4) is 0 Å².